The number of ether oxygens (including phenoxy) is 4. The van der Waals surface area contributed by atoms with Crippen molar-refractivity contribution in [3.8, 4) is 23.0 Å². The lowest BCUT2D eigenvalue weighted by Gasteiger charge is -2.21. The average molecular weight is 499 g/mol. The van der Waals surface area contributed by atoms with E-state index in [-0.39, 0.29) is 25.3 Å². The van der Waals surface area contributed by atoms with Gasteiger partial charge in [0.15, 0.2) is 28.8 Å². The van der Waals surface area contributed by atoms with Crippen LogP contribution in [0.1, 0.15) is 33.0 Å². The summed E-state index contributed by atoms with van der Waals surface area (Å²) in [5.41, 5.74) is 3.21. The normalized spacial score (nSPS) is 13.2. The van der Waals surface area contributed by atoms with Crippen LogP contribution in [0.2, 0.25) is 0 Å². The van der Waals surface area contributed by atoms with E-state index in [4.69, 9.17) is 23.4 Å². The molecule has 0 radical (unpaired) electrons. The molecule has 0 fully saturated rings. The van der Waals surface area contributed by atoms with Gasteiger partial charge in [-0.05, 0) is 53.1 Å². The third-order valence-corrected chi connectivity index (χ3v) is 6.25. The van der Waals surface area contributed by atoms with E-state index in [2.05, 4.69) is 22.3 Å². The summed E-state index contributed by atoms with van der Waals surface area (Å²) in [6.07, 6.45) is 0. The number of fused-ring (bicyclic) bond motifs is 2. The van der Waals surface area contributed by atoms with Gasteiger partial charge in [-0.1, -0.05) is 42.5 Å². The van der Waals surface area contributed by atoms with Gasteiger partial charge in [-0.25, -0.2) is 0 Å². The summed E-state index contributed by atoms with van der Waals surface area (Å²) in [5.74, 6) is 3.65. The zero-order chi connectivity index (χ0) is 25.0. The largest absolute Gasteiger partial charge is 0.455 e. The van der Waals surface area contributed by atoms with Crippen LogP contribution in [-0.4, -0.2) is 24.4 Å². The number of hydrogen-bond donors (Lipinski definition) is 1. The summed E-state index contributed by atoms with van der Waals surface area (Å²) < 4.78 is 27.7. The summed E-state index contributed by atoms with van der Waals surface area (Å²) in [6.45, 7) is 2.77. The number of nitrogens with zero attached hydrogens (tertiary/aromatic N) is 1. The highest BCUT2D eigenvalue weighted by Crippen LogP contribution is 2.34. The maximum absolute atomic E-state index is 12.7. The van der Waals surface area contributed by atoms with E-state index in [0.29, 0.717) is 36.9 Å². The molecule has 3 heterocycles. The highest BCUT2D eigenvalue weighted by molar-refractivity contribution is 5.91. The summed E-state index contributed by atoms with van der Waals surface area (Å²) in [5, 5.41) is 2.91. The quantitative estimate of drug-likeness (QED) is 0.353. The molecule has 0 saturated carbocycles. The Morgan fingerprint density at radius 3 is 2.08 bits per heavy atom. The molecular weight excluding hydrogens is 472 g/mol. The van der Waals surface area contributed by atoms with Gasteiger partial charge in [0.1, 0.15) is 5.76 Å². The van der Waals surface area contributed by atoms with Gasteiger partial charge in [-0.3, -0.25) is 9.69 Å². The van der Waals surface area contributed by atoms with Crippen molar-refractivity contribution in [2.45, 2.75) is 26.2 Å². The lowest BCUT2D eigenvalue weighted by molar-refractivity contribution is 0.0918. The fourth-order valence-corrected chi connectivity index (χ4v) is 4.43. The Bertz CT molecular complexity index is 1400. The molecular formula is C29H26N2O6. The second kappa shape index (κ2) is 10.3. The number of carbonyl (C=O) groups excluding carboxylic acids is 1. The van der Waals surface area contributed by atoms with Crippen LogP contribution in [0.25, 0.3) is 0 Å². The summed E-state index contributed by atoms with van der Waals surface area (Å²) >= 11 is 0. The smallest absolute Gasteiger partial charge is 0.287 e. The lowest BCUT2D eigenvalue weighted by Crippen LogP contribution is -2.23. The van der Waals surface area contributed by atoms with Crippen LogP contribution in [0.4, 0.5) is 0 Å². The Balaban J connectivity index is 1.12. The van der Waals surface area contributed by atoms with Crippen LogP contribution in [-0.2, 0) is 26.2 Å². The van der Waals surface area contributed by atoms with Crippen molar-refractivity contribution in [2.75, 3.05) is 13.6 Å². The Morgan fingerprint density at radius 1 is 0.676 bits per heavy atom. The number of rotatable bonds is 9. The average Bonchev–Trinajstić information content (AvgIpc) is 3.68. The van der Waals surface area contributed by atoms with Crippen molar-refractivity contribution in [3.63, 3.8) is 0 Å². The number of benzene rings is 3. The Labute approximate surface area is 214 Å². The monoisotopic (exact) mass is 498 g/mol. The van der Waals surface area contributed by atoms with E-state index in [1.54, 1.807) is 6.07 Å². The summed E-state index contributed by atoms with van der Waals surface area (Å²) in [6, 6.07) is 25.4. The highest BCUT2D eigenvalue weighted by atomic mass is 16.7. The molecule has 0 saturated heterocycles. The molecule has 8 nitrogen and oxygen atoms in total. The van der Waals surface area contributed by atoms with Crippen LogP contribution in [0.5, 0.6) is 23.0 Å². The van der Waals surface area contributed by atoms with E-state index < -0.39 is 0 Å². The van der Waals surface area contributed by atoms with Crippen molar-refractivity contribution in [2.24, 2.45) is 0 Å². The van der Waals surface area contributed by atoms with Gasteiger partial charge >= 0.3 is 0 Å². The topological polar surface area (TPSA) is 82.4 Å². The third-order valence-electron chi connectivity index (χ3n) is 6.25. The fraction of sp³-hybridized carbons (Fsp3) is 0.207. The molecule has 2 aliphatic heterocycles. The van der Waals surface area contributed by atoms with Gasteiger partial charge in [0.25, 0.3) is 5.91 Å². The van der Waals surface area contributed by atoms with Crippen molar-refractivity contribution in [1.82, 2.24) is 10.2 Å². The SMILES string of the molecule is O=C(NCc1ccc2c(c1)OCO2)c1ccc(CN(Cc2ccccc2)Cc2ccc3c(c2)OCO3)o1. The fourth-order valence-electron chi connectivity index (χ4n) is 4.43. The van der Waals surface area contributed by atoms with E-state index >= 15 is 0 Å². The van der Waals surface area contributed by atoms with Crippen LogP contribution in [0, 0.1) is 0 Å². The molecule has 6 rings (SSSR count). The molecule has 188 valence electrons. The molecule has 2 aliphatic rings. The summed E-state index contributed by atoms with van der Waals surface area (Å²) in [4.78, 5) is 15.0. The van der Waals surface area contributed by atoms with Crippen LogP contribution in [0.15, 0.2) is 83.3 Å². The molecule has 0 aliphatic carbocycles. The second-order valence-corrected chi connectivity index (χ2v) is 8.95. The standard InChI is InChI=1S/C29H26N2O6/c32-29(30-14-21-6-9-24-27(12-21)35-18-33-24)26-11-8-23(37-26)17-31(15-20-4-2-1-3-5-20)16-22-7-10-25-28(13-22)36-19-34-25/h1-13H,14-19H2,(H,30,32). The molecule has 4 aromatic rings. The first-order valence-electron chi connectivity index (χ1n) is 12.1. The van der Waals surface area contributed by atoms with Crippen LogP contribution < -0.4 is 24.3 Å². The molecule has 1 N–H and O–H groups in total. The molecule has 3 aromatic carbocycles. The highest BCUT2D eigenvalue weighted by Gasteiger charge is 2.18. The van der Waals surface area contributed by atoms with Crippen LogP contribution in [0.3, 0.4) is 0 Å². The van der Waals surface area contributed by atoms with Crippen LogP contribution >= 0.6 is 0 Å². The third kappa shape index (κ3) is 5.39. The molecule has 37 heavy (non-hydrogen) atoms. The number of furan rings is 1. The minimum atomic E-state index is -0.269. The van der Waals surface area contributed by atoms with Gasteiger partial charge in [-0.2, -0.15) is 0 Å². The first kappa shape index (κ1) is 23.0. The zero-order valence-electron chi connectivity index (χ0n) is 20.1. The molecule has 0 atom stereocenters. The predicted molar refractivity (Wildman–Crippen MR) is 134 cm³/mol. The van der Waals surface area contributed by atoms with Crippen molar-refractivity contribution >= 4 is 5.91 Å². The Kier molecular flexibility index (Phi) is 6.39. The number of carbonyl (C=O) groups is 1. The van der Waals surface area contributed by atoms with Crippen molar-refractivity contribution in [3.05, 3.63) is 107 Å². The molecule has 0 spiro atoms. The first-order valence-corrected chi connectivity index (χ1v) is 12.1. The molecule has 1 amide bonds. The van der Waals surface area contributed by atoms with E-state index in [0.717, 1.165) is 29.2 Å². The molecule has 1 aromatic heterocycles. The van der Waals surface area contributed by atoms with Gasteiger partial charge in [0.05, 0.1) is 6.54 Å². The number of hydrogen-bond acceptors (Lipinski definition) is 7. The van der Waals surface area contributed by atoms with Gasteiger partial charge in [0, 0.05) is 19.6 Å². The predicted octanol–water partition coefficient (Wildman–Crippen LogP) is 4.87. The van der Waals surface area contributed by atoms with Gasteiger partial charge in [-0.15, -0.1) is 0 Å². The van der Waals surface area contributed by atoms with Gasteiger partial charge in [0.2, 0.25) is 13.6 Å². The molecule has 0 unspecified atom stereocenters. The Hall–Kier alpha value is -4.43. The zero-order valence-corrected chi connectivity index (χ0v) is 20.1. The first-order chi connectivity index (χ1) is 18.2. The van der Waals surface area contributed by atoms with Gasteiger partial charge < -0.3 is 28.7 Å². The maximum Gasteiger partial charge on any atom is 0.287 e. The second-order valence-electron chi connectivity index (χ2n) is 8.95. The minimum absolute atomic E-state index is 0.219. The van der Waals surface area contributed by atoms with Crippen molar-refractivity contribution < 1.29 is 28.2 Å². The molecule has 0 bridgehead atoms. The lowest BCUT2D eigenvalue weighted by atomic mass is 10.1. The minimum Gasteiger partial charge on any atom is -0.455 e. The number of nitrogens with one attached hydrogen (secondary N) is 1. The molecule has 8 heteroatoms. The maximum atomic E-state index is 12.7. The number of amides is 1. The Morgan fingerprint density at radius 2 is 1.32 bits per heavy atom. The van der Waals surface area contributed by atoms with E-state index in [9.17, 15) is 4.79 Å². The van der Waals surface area contributed by atoms with Crippen molar-refractivity contribution in [1.29, 1.82) is 0 Å². The van der Waals surface area contributed by atoms with E-state index in [1.807, 2.05) is 60.7 Å². The summed E-state index contributed by atoms with van der Waals surface area (Å²) in [7, 11) is 0. The van der Waals surface area contributed by atoms with E-state index in [1.165, 1.54) is 5.56 Å².